The van der Waals surface area contributed by atoms with Crippen molar-refractivity contribution in [3.05, 3.63) is 34.2 Å². The average Bonchev–Trinajstić information content (AvgIpc) is 3.17. The predicted molar refractivity (Wildman–Crippen MR) is 89.5 cm³/mol. The van der Waals surface area contributed by atoms with E-state index in [9.17, 15) is 9.59 Å². The van der Waals surface area contributed by atoms with Gasteiger partial charge >= 0.3 is 0 Å². The molecule has 1 fully saturated rings. The quantitative estimate of drug-likeness (QED) is 0.938. The number of rotatable bonds is 3. The first-order valence-electron chi connectivity index (χ1n) is 7.69. The molecule has 2 aromatic rings. The Hall–Kier alpha value is -2.15. The molecule has 2 amide bonds. The highest BCUT2D eigenvalue weighted by Crippen LogP contribution is 2.22. The number of amides is 2. The standard InChI is InChI=1S/C16H20N4O2S/c1-11-9-14(19(2)18-11)17-15(21)12-5-3-7-20(10-12)16(22)13-6-4-8-23-13/h4,6,8-9,12H,3,5,7,10H2,1-2H3,(H,17,21). The van der Waals surface area contributed by atoms with E-state index in [2.05, 4.69) is 10.4 Å². The maximum Gasteiger partial charge on any atom is 0.263 e. The van der Waals surface area contributed by atoms with Gasteiger partial charge in [-0.1, -0.05) is 6.07 Å². The number of likely N-dealkylation sites (tertiary alicyclic amines) is 1. The van der Waals surface area contributed by atoms with E-state index in [0.717, 1.165) is 23.4 Å². The molecule has 0 aromatic carbocycles. The van der Waals surface area contributed by atoms with Gasteiger partial charge in [0, 0.05) is 26.2 Å². The van der Waals surface area contributed by atoms with Crippen LogP contribution in [0.1, 0.15) is 28.2 Å². The first-order valence-corrected chi connectivity index (χ1v) is 8.57. The third-order valence-corrected chi connectivity index (χ3v) is 4.92. The number of nitrogens with one attached hydrogen (secondary N) is 1. The molecular weight excluding hydrogens is 312 g/mol. The Bertz CT molecular complexity index is 708. The highest BCUT2D eigenvalue weighted by molar-refractivity contribution is 7.12. The van der Waals surface area contributed by atoms with E-state index in [1.54, 1.807) is 16.6 Å². The van der Waals surface area contributed by atoms with Gasteiger partial charge < -0.3 is 10.2 Å². The second-order valence-electron chi connectivity index (χ2n) is 5.85. The monoisotopic (exact) mass is 332 g/mol. The fourth-order valence-corrected chi connectivity index (χ4v) is 3.58. The molecular formula is C16H20N4O2S. The minimum atomic E-state index is -0.178. The summed E-state index contributed by atoms with van der Waals surface area (Å²) in [4.78, 5) is 27.4. The van der Waals surface area contributed by atoms with E-state index in [1.165, 1.54) is 11.3 Å². The van der Waals surface area contributed by atoms with Crippen LogP contribution in [0.15, 0.2) is 23.6 Å². The lowest BCUT2D eigenvalue weighted by atomic mass is 9.97. The molecule has 0 aliphatic carbocycles. The van der Waals surface area contributed by atoms with Crippen LogP contribution in [0, 0.1) is 12.8 Å². The van der Waals surface area contributed by atoms with Crippen molar-refractivity contribution in [3.63, 3.8) is 0 Å². The summed E-state index contributed by atoms with van der Waals surface area (Å²) < 4.78 is 1.66. The van der Waals surface area contributed by atoms with Crippen LogP contribution in [-0.4, -0.2) is 39.6 Å². The van der Waals surface area contributed by atoms with Crippen molar-refractivity contribution in [3.8, 4) is 0 Å². The molecule has 3 heterocycles. The molecule has 23 heavy (non-hydrogen) atoms. The van der Waals surface area contributed by atoms with Crippen molar-refractivity contribution >= 4 is 29.0 Å². The lowest BCUT2D eigenvalue weighted by Gasteiger charge is -2.31. The molecule has 1 atom stereocenters. The molecule has 6 nitrogen and oxygen atoms in total. The Morgan fingerprint density at radius 3 is 2.91 bits per heavy atom. The third kappa shape index (κ3) is 3.44. The summed E-state index contributed by atoms with van der Waals surface area (Å²) in [7, 11) is 1.80. The molecule has 1 N–H and O–H groups in total. The van der Waals surface area contributed by atoms with Crippen LogP contribution >= 0.6 is 11.3 Å². The SMILES string of the molecule is Cc1cc(NC(=O)C2CCCN(C(=O)c3cccs3)C2)n(C)n1. The van der Waals surface area contributed by atoms with Crippen molar-refractivity contribution in [2.24, 2.45) is 13.0 Å². The number of hydrogen-bond acceptors (Lipinski definition) is 4. The van der Waals surface area contributed by atoms with Gasteiger partial charge in [0.2, 0.25) is 5.91 Å². The highest BCUT2D eigenvalue weighted by Gasteiger charge is 2.29. The molecule has 122 valence electrons. The zero-order valence-corrected chi connectivity index (χ0v) is 14.1. The van der Waals surface area contributed by atoms with Crippen LogP contribution in [-0.2, 0) is 11.8 Å². The normalized spacial score (nSPS) is 18.0. The number of anilines is 1. The van der Waals surface area contributed by atoms with E-state index in [-0.39, 0.29) is 17.7 Å². The minimum Gasteiger partial charge on any atom is -0.337 e. The summed E-state index contributed by atoms with van der Waals surface area (Å²) in [6.45, 7) is 3.07. The fraction of sp³-hybridized carbons (Fsp3) is 0.438. The van der Waals surface area contributed by atoms with Crippen LogP contribution < -0.4 is 5.32 Å². The molecule has 3 rings (SSSR count). The molecule has 0 saturated carbocycles. The van der Waals surface area contributed by atoms with Crippen molar-refractivity contribution in [1.82, 2.24) is 14.7 Å². The molecule has 7 heteroatoms. The van der Waals surface area contributed by atoms with Crippen LogP contribution in [0.2, 0.25) is 0 Å². The Morgan fingerprint density at radius 1 is 1.43 bits per heavy atom. The van der Waals surface area contributed by atoms with Crippen molar-refractivity contribution in [2.75, 3.05) is 18.4 Å². The number of carbonyl (C=O) groups is 2. The van der Waals surface area contributed by atoms with Gasteiger partial charge in [0.25, 0.3) is 5.91 Å². The van der Waals surface area contributed by atoms with Gasteiger partial charge in [-0.05, 0) is 31.2 Å². The summed E-state index contributed by atoms with van der Waals surface area (Å²) in [5.41, 5.74) is 0.862. The van der Waals surface area contributed by atoms with Crippen molar-refractivity contribution < 1.29 is 9.59 Å². The molecule has 0 spiro atoms. The van der Waals surface area contributed by atoms with Gasteiger partial charge in [-0.15, -0.1) is 11.3 Å². The molecule has 2 aromatic heterocycles. The smallest absolute Gasteiger partial charge is 0.263 e. The van der Waals surface area contributed by atoms with E-state index in [0.29, 0.717) is 18.9 Å². The lowest BCUT2D eigenvalue weighted by Crippen LogP contribution is -2.43. The second-order valence-corrected chi connectivity index (χ2v) is 6.80. The van der Waals surface area contributed by atoms with Gasteiger partial charge in [-0.2, -0.15) is 5.10 Å². The van der Waals surface area contributed by atoms with Gasteiger partial charge in [0.15, 0.2) is 0 Å². The maximum atomic E-state index is 12.5. The number of carbonyl (C=O) groups excluding carboxylic acids is 2. The Kier molecular flexibility index (Phi) is 4.47. The summed E-state index contributed by atoms with van der Waals surface area (Å²) in [5, 5.41) is 9.04. The summed E-state index contributed by atoms with van der Waals surface area (Å²) in [6, 6.07) is 5.54. The number of piperidine rings is 1. The number of thiophene rings is 1. The zero-order valence-electron chi connectivity index (χ0n) is 13.3. The predicted octanol–water partition coefficient (Wildman–Crippen LogP) is 2.28. The Balaban J connectivity index is 1.65. The topological polar surface area (TPSA) is 67.2 Å². The van der Waals surface area contributed by atoms with Crippen LogP contribution in [0.25, 0.3) is 0 Å². The maximum absolute atomic E-state index is 12.5. The molecule has 0 radical (unpaired) electrons. The lowest BCUT2D eigenvalue weighted by molar-refractivity contribution is -0.121. The van der Waals surface area contributed by atoms with Gasteiger partial charge in [-0.25, -0.2) is 0 Å². The zero-order chi connectivity index (χ0) is 16.4. The molecule has 1 aliphatic rings. The van der Waals surface area contributed by atoms with E-state index < -0.39 is 0 Å². The van der Waals surface area contributed by atoms with Crippen LogP contribution in [0.5, 0.6) is 0 Å². The minimum absolute atomic E-state index is 0.0221. The summed E-state index contributed by atoms with van der Waals surface area (Å²) >= 11 is 1.44. The summed E-state index contributed by atoms with van der Waals surface area (Å²) in [6.07, 6.45) is 1.65. The van der Waals surface area contributed by atoms with E-state index in [4.69, 9.17) is 0 Å². The Labute approximate surface area is 139 Å². The fourth-order valence-electron chi connectivity index (χ4n) is 2.89. The Morgan fingerprint density at radius 2 is 2.26 bits per heavy atom. The van der Waals surface area contributed by atoms with Crippen molar-refractivity contribution in [2.45, 2.75) is 19.8 Å². The largest absolute Gasteiger partial charge is 0.337 e. The van der Waals surface area contributed by atoms with E-state index in [1.807, 2.05) is 30.5 Å². The third-order valence-electron chi connectivity index (χ3n) is 4.06. The van der Waals surface area contributed by atoms with Crippen LogP contribution in [0.4, 0.5) is 5.82 Å². The average molecular weight is 332 g/mol. The molecule has 0 bridgehead atoms. The first kappa shape index (κ1) is 15.7. The first-order chi connectivity index (χ1) is 11.0. The molecule has 1 aliphatic heterocycles. The molecule has 1 saturated heterocycles. The van der Waals surface area contributed by atoms with Crippen LogP contribution in [0.3, 0.4) is 0 Å². The second kappa shape index (κ2) is 6.54. The molecule has 1 unspecified atom stereocenters. The number of aromatic nitrogens is 2. The van der Waals surface area contributed by atoms with Gasteiger partial charge in [0.05, 0.1) is 16.5 Å². The van der Waals surface area contributed by atoms with Crippen molar-refractivity contribution in [1.29, 1.82) is 0 Å². The number of aryl methyl sites for hydroxylation is 2. The number of nitrogens with zero attached hydrogens (tertiary/aromatic N) is 3. The highest BCUT2D eigenvalue weighted by atomic mass is 32.1. The van der Waals surface area contributed by atoms with Gasteiger partial charge in [-0.3, -0.25) is 14.3 Å². The number of hydrogen-bond donors (Lipinski definition) is 1. The van der Waals surface area contributed by atoms with E-state index >= 15 is 0 Å². The van der Waals surface area contributed by atoms with Gasteiger partial charge in [0.1, 0.15) is 5.82 Å². The summed E-state index contributed by atoms with van der Waals surface area (Å²) in [5.74, 6) is 0.489.